The Hall–Kier alpha value is -1.91. The molecule has 0 saturated heterocycles. The molecule has 13 heavy (non-hydrogen) atoms. The van der Waals surface area contributed by atoms with Gasteiger partial charge in [-0.2, -0.15) is 5.10 Å². The third kappa shape index (κ3) is 1.14. The van der Waals surface area contributed by atoms with Gasteiger partial charge in [0.25, 0.3) is 0 Å². The number of phenolic OH excluding ortho intramolecular Hbond substituents is 1. The summed E-state index contributed by atoms with van der Waals surface area (Å²) < 4.78 is 10.1. The molecule has 0 saturated carbocycles. The topological polar surface area (TPSA) is 77.1 Å². The quantitative estimate of drug-likeness (QED) is 0.373. The van der Waals surface area contributed by atoms with Gasteiger partial charge in [-0.3, -0.25) is 0 Å². The summed E-state index contributed by atoms with van der Waals surface area (Å²) in [5.41, 5.74) is 0.506. The minimum Gasteiger partial charge on any atom is -0.504 e. The molecule has 1 aliphatic heterocycles. The lowest BCUT2D eigenvalue weighted by atomic mass is 10.2. The van der Waals surface area contributed by atoms with Gasteiger partial charge in [-0.15, -0.1) is 0 Å². The fourth-order valence-corrected chi connectivity index (χ4v) is 1.16. The monoisotopic (exact) mass is 180 g/mol. The van der Waals surface area contributed by atoms with Crippen molar-refractivity contribution in [2.24, 2.45) is 10.9 Å². The van der Waals surface area contributed by atoms with Crippen molar-refractivity contribution in [2.75, 3.05) is 6.79 Å². The first-order chi connectivity index (χ1) is 6.33. The average molecular weight is 180 g/mol. The van der Waals surface area contributed by atoms with Gasteiger partial charge in [0.15, 0.2) is 11.5 Å². The van der Waals surface area contributed by atoms with Crippen molar-refractivity contribution in [1.82, 2.24) is 0 Å². The highest BCUT2D eigenvalue weighted by Crippen LogP contribution is 2.41. The van der Waals surface area contributed by atoms with E-state index < -0.39 is 0 Å². The zero-order chi connectivity index (χ0) is 9.26. The average Bonchev–Trinajstić information content (AvgIpc) is 2.58. The summed E-state index contributed by atoms with van der Waals surface area (Å²) in [6.45, 7) is 0.131. The second-order valence-corrected chi connectivity index (χ2v) is 2.52. The Morgan fingerprint density at radius 2 is 2.31 bits per heavy atom. The van der Waals surface area contributed by atoms with Gasteiger partial charge in [-0.05, 0) is 12.1 Å². The number of hydrazone groups is 1. The molecule has 2 rings (SSSR count). The Morgan fingerprint density at radius 3 is 3.08 bits per heavy atom. The van der Waals surface area contributed by atoms with Crippen LogP contribution in [-0.4, -0.2) is 18.1 Å². The summed E-state index contributed by atoms with van der Waals surface area (Å²) in [7, 11) is 0. The van der Waals surface area contributed by atoms with E-state index in [4.69, 9.17) is 15.3 Å². The smallest absolute Gasteiger partial charge is 0.231 e. The highest BCUT2D eigenvalue weighted by molar-refractivity contribution is 5.85. The molecule has 68 valence electrons. The van der Waals surface area contributed by atoms with Gasteiger partial charge < -0.3 is 20.4 Å². The van der Waals surface area contributed by atoms with E-state index in [9.17, 15) is 5.11 Å². The Morgan fingerprint density at radius 1 is 1.46 bits per heavy atom. The summed E-state index contributed by atoms with van der Waals surface area (Å²) in [5, 5.41) is 12.9. The van der Waals surface area contributed by atoms with Crippen LogP contribution in [0.1, 0.15) is 5.56 Å². The van der Waals surface area contributed by atoms with Crippen molar-refractivity contribution in [3.05, 3.63) is 17.7 Å². The van der Waals surface area contributed by atoms with Crippen LogP contribution in [0.15, 0.2) is 17.2 Å². The predicted molar refractivity (Wildman–Crippen MR) is 46.0 cm³/mol. The molecule has 1 aliphatic rings. The molecule has 0 aromatic heterocycles. The Kier molecular flexibility index (Phi) is 1.70. The van der Waals surface area contributed by atoms with Crippen LogP contribution < -0.4 is 15.3 Å². The molecular weight excluding hydrogens is 172 g/mol. The number of hydrogen-bond donors (Lipinski definition) is 2. The van der Waals surface area contributed by atoms with E-state index in [0.29, 0.717) is 17.1 Å². The fourth-order valence-electron chi connectivity index (χ4n) is 1.16. The molecule has 1 heterocycles. The lowest BCUT2D eigenvalue weighted by Gasteiger charge is -2.01. The standard InChI is InChI=1S/C8H8N2O3/c9-10-3-5-1-2-6-8(7(5)11)13-4-12-6/h1-3,11H,4,9H2. The molecule has 0 fully saturated rings. The third-order valence-electron chi connectivity index (χ3n) is 1.76. The maximum absolute atomic E-state index is 9.59. The number of rotatable bonds is 1. The summed E-state index contributed by atoms with van der Waals surface area (Å²) in [4.78, 5) is 0. The van der Waals surface area contributed by atoms with Crippen molar-refractivity contribution in [3.63, 3.8) is 0 Å². The van der Waals surface area contributed by atoms with Gasteiger partial charge in [0.1, 0.15) is 0 Å². The van der Waals surface area contributed by atoms with Crippen molar-refractivity contribution in [3.8, 4) is 17.2 Å². The molecule has 5 heteroatoms. The Labute approximate surface area is 74.4 Å². The number of hydrogen-bond acceptors (Lipinski definition) is 5. The van der Waals surface area contributed by atoms with Crippen LogP contribution in [0.2, 0.25) is 0 Å². The maximum atomic E-state index is 9.59. The van der Waals surface area contributed by atoms with E-state index >= 15 is 0 Å². The molecule has 0 radical (unpaired) electrons. The lowest BCUT2D eigenvalue weighted by molar-refractivity contribution is 0.171. The largest absolute Gasteiger partial charge is 0.504 e. The number of benzene rings is 1. The van der Waals surface area contributed by atoms with Crippen LogP contribution in [0.25, 0.3) is 0 Å². The van der Waals surface area contributed by atoms with Crippen molar-refractivity contribution in [2.45, 2.75) is 0 Å². The highest BCUT2D eigenvalue weighted by atomic mass is 16.7. The van der Waals surface area contributed by atoms with E-state index in [2.05, 4.69) is 5.10 Å². The summed E-state index contributed by atoms with van der Waals surface area (Å²) in [6, 6.07) is 3.35. The molecule has 1 aromatic rings. The second-order valence-electron chi connectivity index (χ2n) is 2.52. The number of aromatic hydroxyl groups is 1. The molecule has 0 atom stereocenters. The maximum Gasteiger partial charge on any atom is 0.231 e. The molecule has 0 amide bonds. The van der Waals surface area contributed by atoms with Crippen LogP contribution in [0.5, 0.6) is 17.2 Å². The zero-order valence-corrected chi connectivity index (χ0v) is 6.73. The number of ether oxygens (including phenoxy) is 2. The predicted octanol–water partition coefficient (Wildman–Crippen LogP) is 0.414. The fraction of sp³-hybridized carbons (Fsp3) is 0.125. The van der Waals surface area contributed by atoms with Crippen LogP contribution >= 0.6 is 0 Å². The molecule has 0 spiro atoms. The molecule has 1 aromatic carbocycles. The summed E-state index contributed by atoms with van der Waals surface area (Å²) in [6.07, 6.45) is 1.34. The minimum atomic E-state index is 0.00389. The lowest BCUT2D eigenvalue weighted by Crippen LogP contribution is -1.93. The van der Waals surface area contributed by atoms with Gasteiger partial charge in [-0.1, -0.05) is 0 Å². The first kappa shape index (κ1) is 7.72. The third-order valence-corrected chi connectivity index (χ3v) is 1.76. The van der Waals surface area contributed by atoms with E-state index in [1.807, 2.05) is 0 Å². The van der Waals surface area contributed by atoms with Gasteiger partial charge >= 0.3 is 0 Å². The number of phenols is 1. The van der Waals surface area contributed by atoms with Gasteiger partial charge in [0.05, 0.1) is 6.21 Å². The normalized spacial score (nSPS) is 13.8. The summed E-state index contributed by atoms with van der Waals surface area (Å²) >= 11 is 0. The van der Waals surface area contributed by atoms with Gasteiger partial charge in [0.2, 0.25) is 12.5 Å². The van der Waals surface area contributed by atoms with Crippen molar-refractivity contribution in [1.29, 1.82) is 0 Å². The molecule has 5 nitrogen and oxygen atoms in total. The van der Waals surface area contributed by atoms with E-state index in [1.165, 1.54) is 6.21 Å². The Balaban J connectivity index is 2.52. The molecular formula is C8H8N2O3. The van der Waals surface area contributed by atoms with Crippen LogP contribution in [0.3, 0.4) is 0 Å². The zero-order valence-electron chi connectivity index (χ0n) is 6.73. The molecule has 0 aliphatic carbocycles. The number of nitrogens with two attached hydrogens (primary N) is 1. The SMILES string of the molecule is NN=Cc1ccc2c(c1O)OCO2. The molecule has 0 bridgehead atoms. The van der Waals surface area contributed by atoms with Crippen LogP contribution in [-0.2, 0) is 0 Å². The highest BCUT2D eigenvalue weighted by Gasteiger charge is 2.19. The first-order valence-electron chi connectivity index (χ1n) is 3.67. The Bertz CT molecular complexity index is 363. The molecule has 3 N–H and O–H groups in total. The van der Waals surface area contributed by atoms with E-state index in [1.54, 1.807) is 12.1 Å². The van der Waals surface area contributed by atoms with E-state index in [-0.39, 0.29) is 12.5 Å². The van der Waals surface area contributed by atoms with Crippen molar-refractivity contribution < 1.29 is 14.6 Å². The molecule has 0 unspecified atom stereocenters. The number of fused-ring (bicyclic) bond motifs is 1. The summed E-state index contributed by atoms with van der Waals surface area (Å²) in [5.74, 6) is 5.84. The minimum absolute atomic E-state index is 0.00389. The first-order valence-corrected chi connectivity index (χ1v) is 3.67. The van der Waals surface area contributed by atoms with Gasteiger partial charge in [0, 0.05) is 5.56 Å². The van der Waals surface area contributed by atoms with Gasteiger partial charge in [-0.25, -0.2) is 0 Å². The second kappa shape index (κ2) is 2.85. The van der Waals surface area contributed by atoms with Crippen molar-refractivity contribution >= 4 is 6.21 Å². The van der Waals surface area contributed by atoms with Crippen LogP contribution in [0.4, 0.5) is 0 Å². The van der Waals surface area contributed by atoms with Crippen LogP contribution in [0, 0.1) is 0 Å². The number of nitrogens with zero attached hydrogens (tertiary/aromatic N) is 1. The van der Waals surface area contributed by atoms with E-state index in [0.717, 1.165) is 0 Å².